The Balaban J connectivity index is 2.80. The summed E-state index contributed by atoms with van der Waals surface area (Å²) in [7, 11) is 0. The van der Waals surface area contributed by atoms with Gasteiger partial charge in [-0.25, -0.2) is 4.79 Å². The van der Waals surface area contributed by atoms with Crippen molar-refractivity contribution in [3.63, 3.8) is 0 Å². The average Bonchev–Trinajstić information content (AvgIpc) is 2.51. The van der Waals surface area contributed by atoms with E-state index < -0.39 is 11.6 Å². The Morgan fingerprint density at radius 2 is 2.14 bits per heavy atom. The second-order valence-corrected chi connectivity index (χ2v) is 4.49. The van der Waals surface area contributed by atoms with Crippen LogP contribution in [0.1, 0.15) is 46.0 Å². The van der Waals surface area contributed by atoms with Gasteiger partial charge in [-0.05, 0) is 18.8 Å². The fourth-order valence-corrected chi connectivity index (χ4v) is 2.69. The first-order valence-corrected chi connectivity index (χ1v) is 5.48. The first kappa shape index (κ1) is 11.5. The summed E-state index contributed by atoms with van der Waals surface area (Å²) >= 11 is 0. The van der Waals surface area contributed by atoms with Gasteiger partial charge in [0.2, 0.25) is 0 Å². The van der Waals surface area contributed by atoms with Crippen LogP contribution in [0.25, 0.3) is 0 Å². The van der Waals surface area contributed by atoms with Crippen molar-refractivity contribution in [2.75, 3.05) is 0 Å². The summed E-state index contributed by atoms with van der Waals surface area (Å²) in [5.74, 6) is -0.763. The third kappa shape index (κ3) is 1.92. The normalized spacial score (nSPS) is 31.4. The molecule has 0 saturated heterocycles. The van der Waals surface area contributed by atoms with Crippen molar-refractivity contribution in [3.05, 3.63) is 0 Å². The average molecular weight is 200 g/mol. The maximum Gasteiger partial charge on any atom is 0.335 e. The zero-order valence-corrected chi connectivity index (χ0v) is 8.99. The predicted molar refractivity (Wildman–Crippen MR) is 54.0 cm³/mol. The standard InChI is InChI=1S/C11H20O3/c1-3-7-11(14,10(12)13)9-6-4-5-8(9)2/h8-9,14H,3-7H2,1-2H3,(H,12,13). The summed E-state index contributed by atoms with van der Waals surface area (Å²) in [5.41, 5.74) is -1.48. The maximum absolute atomic E-state index is 11.1. The molecular weight excluding hydrogens is 180 g/mol. The van der Waals surface area contributed by atoms with E-state index in [-0.39, 0.29) is 5.92 Å². The van der Waals surface area contributed by atoms with Crippen molar-refractivity contribution in [2.24, 2.45) is 11.8 Å². The van der Waals surface area contributed by atoms with Crippen LogP contribution < -0.4 is 0 Å². The number of carbonyl (C=O) groups is 1. The van der Waals surface area contributed by atoms with Gasteiger partial charge in [0.15, 0.2) is 5.60 Å². The number of rotatable bonds is 4. The molecule has 0 aliphatic heterocycles. The molecule has 1 saturated carbocycles. The van der Waals surface area contributed by atoms with E-state index in [2.05, 4.69) is 0 Å². The van der Waals surface area contributed by atoms with Crippen LogP contribution in [0.2, 0.25) is 0 Å². The van der Waals surface area contributed by atoms with Gasteiger partial charge in [-0.2, -0.15) is 0 Å². The molecule has 3 unspecified atom stereocenters. The van der Waals surface area contributed by atoms with Gasteiger partial charge in [-0.1, -0.05) is 33.1 Å². The number of hydrogen-bond donors (Lipinski definition) is 2. The van der Waals surface area contributed by atoms with Gasteiger partial charge in [0.05, 0.1) is 0 Å². The molecule has 0 spiro atoms. The summed E-state index contributed by atoms with van der Waals surface area (Å²) in [6.45, 7) is 3.95. The number of carboxylic acids is 1. The first-order valence-electron chi connectivity index (χ1n) is 5.48. The van der Waals surface area contributed by atoms with Crippen molar-refractivity contribution in [2.45, 2.75) is 51.6 Å². The molecular formula is C11H20O3. The number of hydrogen-bond acceptors (Lipinski definition) is 2. The third-order valence-electron chi connectivity index (χ3n) is 3.48. The summed E-state index contributed by atoms with van der Waals surface area (Å²) in [5, 5.41) is 19.3. The van der Waals surface area contributed by atoms with E-state index in [1.54, 1.807) is 0 Å². The van der Waals surface area contributed by atoms with Crippen molar-refractivity contribution in [3.8, 4) is 0 Å². The molecule has 1 aliphatic carbocycles. The largest absolute Gasteiger partial charge is 0.479 e. The van der Waals surface area contributed by atoms with Crippen LogP contribution in [-0.4, -0.2) is 21.8 Å². The van der Waals surface area contributed by atoms with Crippen molar-refractivity contribution in [1.29, 1.82) is 0 Å². The monoisotopic (exact) mass is 200 g/mol. The highest BCUT2D eigenvalue weighted by atomic mass is 16.4. The summed E-state index contributed by atoms with van der Waals surface area (Å²) in [6.07, 6.45) is 4.03. The zero-order chi connectivity index (χ0) is 10.8. The second kappa shape index (κ2) is 4.30. The third-order valence-corrected chi connectivity index (χ3v) is 3.48. The highest BCUT2D eigenvalue weighted by Gasteiger charge is 2.47. The Kier molecular flexibility index (Phi) is 3.53. The quantitative estimate of drug-likeness (QED) is 0.730. The molecule has 0 amide bonds. The molecule has 1 rings (SSSR count). The Morgan fingerprint density at radius 1 is 1.50 bits per heavy atom. The molecule has 3 atom stereocenters. The molecule has 0 aromatic carbocycles. The van der Waals surface area contributed by atoms with E-state index >= 15 is 0 Å². The van der Waals surface area contributed by atoms with Gasteiger partial charge in [0.1, 0.15) is 0 Å². The molecule has 3 heteroatoms. The molecule has 3 nitrogen and oxygen atoms in total. The summed E-state index contributed by atoms with van der Waals surface area (Å²) in [4.78, 5) is 11.1. The molecule has 0 bridgehead atoms. The van der Waals surface area contributed by atoms with Crippen LogP contribution in [0.15, 0.2) is 0 Å². The molecule has 0 aromatic rings. The molecule has 1 aliphatic rings. The Hall–Kier alpha value is -0.570. The van der Waals surface area contributed by atoms with E-state index in [4.69, 9.17) is 5.11 Å². The molecule has 82 valence electrons. The van der Waals surface area contributed by atoms with E-state index in [1.165, 1.54) is 0 Å². The molecule has 0 aromatic heterocycles. The van der Waals surface area contributed by atoms with E-state index in [1.807, 2.05) is 13.8 Å². The van der Waals surface area contributed by atoms with E-state index in [0.717, 1.165) is 19.3 Å². The highest BCUT2D eigenvalue weighted by Crippen LogP contribution is 2.41. The summed E-state index contributed by atoms with van der Waals surface area (Å²) < 4.78 is 0. The molecule has 2 N–H and O–H groups in total. The number of carboxylic acid groups (broad SMARTS) is 1. The van der Waals surface area contributed by atoms with Crippen LogP contribution in [0.3, 0.4) is 0 Å². The lowest BCUT2D eigenvalue weighted by atomic mass is 9.78. The minimum absolute atomic E-state index is 0.0556. The fraction of sp³-hybridized carbons (Fsp3) is 0.909. The van der Waals surface area contributed by atoms with E-state index in [9.17, 15) is 9.90 Å². The van der Waals surface area contributed by atoms with Crippen LogP contribution in [0.4, 0.5) is 0 Å². The van der Waals surface area contributed by atoms with E-state index in [0.29, 0.717) is 18.8 Å². The number of aliphatic carboxylic acids is 1. The van der Waals surface area contributed by atoms with Crippen molar-refractivity contribution < 1.29 is 15.0 Å². The van der Waals surface area contributed by atoms with Gasteiger partial charge >= 0.3 is 5.97 Å². The van der Waals surface area contributed by atoms with Gasteiger partial charge in [0, 0.05) is 5.92 Å². The maximum atomic E-state index is 11.1. The van der Waals surface area contributed by atoms with Crippen molar-refractivity contribution >= 4 is 5.97 Å². The van der Waals surface area contributed by atoms with Crippen LogP contribution in [0, 0.1) is 11.8 Å². The van der Waals surface area contributed by atoms with Crippen molar-refractivity contribution in [1.82, 2.24) is 0 Å². The molecule has 0 heterocycles. The molecule has 0 radical (unpaired) electrons. The predicted octanol–water partition coefficient (Wildman–Crippen LogP) is 2.04. The minimum Gasteiger partial charge on any atom is -0.479 e. The van der Waals surface area contributed by atoms with Gasteiger partial charge in [-0.3, -0.25) is 0 Å². The minimum atomic E-state index is -1.48. The smallest absolute Gasteiger partial charge is 0.335 e. The lowest BCUT2D eigenvalue weighted by molar-refractivity contribution is -0.167. The Labute approximate surface area is 85.1 Å². The lowest BCUT2D eigenvalue weighted by Gasteiger charge is -2.32. The van der Waals surface area contributed by atoms with Gasteiger partial charge in [-0.15, -0.1) is 0 Å². The number of aliphatic hydroxyl groups is 1. The van der Waals surface area contributed by atoms with Crippen LogP contribution in [-0.2, 0) is 4.79 Å². The van der Waals surface area contributed by atoms with Gasteiger partial charge in [0.25, 0.3) is 0 Å². The molecule has 14 heavy (non-hydrogen) atoms. The first-order chi connectivity index (χ1) is 6.52. The Morgan fingerprint density at radius 3 is 2.50 bits per heavy atom. The summed E-state index contributed by atoms with van der Waals surface area (Å²) in [6, 6.07) is 0. The lowest BCUT2D eigenvalue weighted by Crippen LogP contribution is -2.46. The molecule has 1 fully saturated rings. The SMILES string of the molecule is CCCC(O)(C(=O)O)C1CCCC1C. The van der Waals surface area contributed by atoms with Crippen LogP contribution >= 0.6 is 0 Å². The topological polar surface area (TPSA) is 57.5 Å². The zero-order valence-electron chi connectivity index (χ0n) is 8.99. The van der Waals surface area contributed by atoms with Crippen LogP contribution in [0.5, 0.6) is 0 Å². The Bertz CT molecular complexity index is 215. The second-order valence-electron chi connectivity index (χ2n) is 4.49. The van der Waals surface area contributed by atoms with Gasteiger partial charge < -0.3 is 10.2 Å². The highest BCUT2D eigenvalue weighted by molar-refractivity contribution is 5.77. The fourth-order valence-electron chi connectivity index (χ4n) is 2.69.